The minimum absolute atomic E-state index is 0.183. The number of hydrogen-bond acceptors (Lipinski definition) is 5. The lowest BCUT2D eigenvalue weighted by molar-refractivity contribution is -0.380. The first-order valence-electron chi connectivity index (χ1n) is 2.21. The van der Waals surface area contributed by atoms with Crippen LogP contribution in [0.15, 0.2) is 0 Å². The molecule has 48 valence electrons. The van der Waals surface area contributed by atoms with Gasteiger partial charge in [0, 0.05) is 0 Å². The molecule has 0 aromatic rings. The van der Waals surface area contributed by atoms with Crippen molar-refractivity contribution in [3.63, 3.8) is 0 Å². The van der Waals surface area contributed by atoms with Gasteiger partial charge in [0.1, 0.15) is 0 Å². The summed E-state index contributed by atoms with van der Waals surface area (Å²) < 4.78 is 13.8. The smallest absolute Gasteiger partial charge is 0.262 e. The lowest BCUT2D eigenvalue weighted by Crippen LogP contribution is -2.68. The first-order chi connectivity index (χ1) is 4.27. The highest BCUT2D eigenvalue weighted by molar-refractivity contribution is 6.39. The maximum absolute atomic E-state index is 6.99. The van der Waals surface area contributed by atoms with Gasteiger partial charge in [-0.25, -0.2) is 15.4 Å². The maximum Gasteiger partial charge on any atom is 0.713 e. The number of nitrogens with two attached hydrogens (primary N) is 1. The maximum atomic E-state index is 6.99. The number of hydrogen-bond donors (Lipinski definition) is 2. The molecule has 3 heterocycles. The molecule has 9 heavy (non-hydrogen) atoms. The lowest BCUT2D eigenvalue weighted by atomic mass is 10.2. The zero-order chi connectivity index (χ0) is 6.43. The second-order valence-corrected chi connectivity index (χ2v) is 1.51. The highest BCUT2D eigenvalue weighted by Gasteiger charge is 2.50. The van der Waals surface area contributed by atoms with Crippen molar-refractivity contribution in [1.29, 1.82) is 5.41 Å². The van der Waals surface area contributed by atoms with E-state index in [1.807, 2.05) is 0 Å². The summed E-state index contributed by atoms with van der Waals surface area (Å²) in [6.07, 6.45) is 0. The molecular formula is CH3BN4O3. The summed E-state index contributed by atoms with van der Waals surface area (Å²) in [5.74, 6) is 4.90. The molecule has 0 unspecified atom stereocenters. The molecule has 3 aliphatic heterocycles. The van der Waals surface area contributed by atoms with Crippen LogP contribution in [0.3, 0.4) is 0 Å². The van der Waals surface area contributed by atoms with Crippen LogP contribution in [0.1, 0.15) is 0 Å². The Morgan fingerprint density at radius 1 is 1.44 bits per heavy atom. The Hall–Kier alpha value is -0.825. The van der Waals surface area contributed by atoms with Gasteiger partial charge in [0.25, 0.3) is 5.96 Å². The standard InChI is InChI=1S/CH3BN4O3/c3-1-5(4)7-2-8-6(1)9-2/h3H,4H2. The molecule has 0 saturated carbocycles. The molecule has 3 rings (SSSR count). The Labute approximate surface area is 50.4 Å². The van der Waals surface area contributed by atoms with Crippen molar-refractivity contribution in [2.24, 2.45) is 5.84 Å². The van der Waals surface area contributed by atoms with Crippen LogP contribution in [0.2, 0.25) is 0 Å². The van der Waals surface area contributed by atoms with Gasteiger partial charge in [-0.1, -0.05) is 0 Å². The average molecular weight is 130 g/mol. The van der Waals surface area contributed by atoms with Gasteiger partial charge in [0.05, 0.1) is 0 Å². The van der Waals surface area contributed by atoms with Gasteiger partial charge in [-0.15, -0.1) is 5.23 Å². The number of hydroxylamine groups is 3. The van der Waals surface area contributed by atoms with Crippen LogP contribution in [0, 0.1) is 5.41 Å². The van der Waals surface area contributed by atoms with Crippen LogP contribution in [0.25, 0.3) is 0 Å². The van der Waals surface area contributed by atoms with Gasteiger partial charge in [-0.05, 0) is 0 Å². The van der Waals surface area contributed by atoms with E-state index in [2.05, 4.69) is 14.3 Å². The summed E-state index contributed by atoms with van der Waals surface area (Å²) in [5, 5.41) is 8.61. The molecule has 0 aromatic carbocycles. The van der Waals surface area contributed by atoms with E-state index in [-0.39, 0.29) is 5.96 Å². The minimum atomic E-state index is -0.774. The summed E-state index contributed by atoms with van der Waals surface area (Å²) >= 11 is 0. The first kappa shape index (κ1) is 5.00. The summed E-state index contributed by atoms with van der Waals surface area (Å²) in [4.78, 5) is 0. The van der Waals surface area contributed by atoms with E-state index in [0.717, 1.165) is 10.4 Å². The molecule has 0 aromatic heterocycles. The Morgan fingerprint density at radius 3 is 2.44 bits per heavy atom. The van der Waals surface area contributed by atoms with E-state index in [4.69, 9.17) is 11.3 Å². The lowest BCUT2D eigenvalue weighted by Gasteiger charge is -2.42. The van der Waals surface area contributed by atoms with Crippen LogP contribution >= 0.6 is 0 Å². The Bertz CT molecular complexity index is 152. The van der Waals surface area contributed by atoms with E-state index >= 15 is 0 Å². The molecule has 3 aliphatic rings. The van der Waals surface area contributed by atoms with E-state index in [1.165, 1.54) is 0 Å². The predicted octanol–water partition coefficient (Wildman–Crippen LogP) is -1.79. The monoisotopic (exact) mass is 130 g/mol. The fourth-order valence-electron chi connectivity index (χ4n) is 0.526. The number of rotatable bonds is 0. The number of hydrazine groups is 1. The zero-order valence-corrected chi connectivity index (χ0v) is 4.27. The van der Waals surface area contributed by atoms with Gasteiger partial charge in [0.15, 0.2) is 0 Å². The van der Waals surface area contributed by atoms with Gasteiger partial charge in [-0.3, -0.25) is 10.2 Å². The molecule has 7 nitrogen and oxygen atoms in total. The van der Waals surface area contributed by atoms with Crippen LogP contribution < -0.4 is 5.84 Å². The van der Waals surface area contributed by atoms with Gasteiger partial charge in [0.2, 0.25) is 0 Å². The molecule has 0 radical (unpaired) electrons. The van der Waals surface area contributed by atoms with E-state index < -0.39 is 7.32 Å². The quantitative estimate of drug-likeness (QED) is 0.297. The van der Waals surface area contributed by atoms with Gasteiger partial charge >= 0.3 is 7.32 Å². The molecule has 0 spiro atoms. The molecule has 2 bridgehead atoms. The van der Waals surface area contributed by atoms with E-state index in [0.29, 0.717) is 0 Å². The molecule has 0 aliphatic carbocycles. The first-order valence-corrected chi connectivity index (χ1v) is 2.21. The molecule has 3 fully saturated rings. The van der Waals surface area contributed by atoms with Crippen molar-refractivity contribution in [3.8, 4) is 0 Å². The largest absolute Gasteiger partial charge is 0.713 e. The normalized spacial score (nSPS) is 24.6. The van der Waals surface area contributed by atoms with Crippen LogP contribution in [-0.2, 0) is 14.3 Å². The number of guanidine groups is 1. The number of fused-ring (bicyclic) bond motifs is 2. The SMILES string of the molecule is N=C1N(N)OB2ON1O2. The van der Waals surface area contributed by atoms with Crippen LogP contribution in [0.5, 0.6) is 0 Å². The molecule has 0 atom stereocenters. The molecule has 3 saturated heterocycles. The topological polar surface area (TPSA) is 84.0 Å². The van der Waals surface area contributed by atoms with Crippen molar-refractivity contribution < 1.29 is 14.3 Å². The predicted molar refractivity (Wildman–Crippen MR) is 24.6 cm³/mol. The summed E-state index contributed by atoms with van der Waals surface area (Å²) in [5.41, 5.74) is 0. The Morgan fingerprint density at radius 2 is 2.11 bits per heavy atom. The molecule has 8 heteroatoms. The summed E-state index contributed by atoms with van der Waals surface area (Å²) in [6.45, 7) is 0. The third-order valence-electron chi connectivity index (χ3n) is 0.945. The zero-order valence-electron chi connectivity index (χ0n) is 4.27. The Balaban J connectivity index is 2.13. The second kappa shape index (κ2) is 1.36. The molecule has 3 N–H and O–H groups in total. The third kappa shape index (κ3) is 0.523. The average Bonchev–Trinajstić information content (AvgIpc) is 1.72. The van der Waals surface area contributed by atoms with E-state index in [1.54, 1.807) is 0 Å². The van der Waals surface area contributed by atoms with Crippen LogP contribution in [-0.4, -0.2) is 23.7 Å². The van der Waals surface area contributed by atoms with Gasteiger partial charge in [-0.2, -0.15) is 5.17 Å². The van der Waals surface area contributed by atoms with Gasteiger partial charge < -0.3 is 0 Å². The van der Waals surface area contributed by atoms with Crippen molar-refractivity contribution in [2.45, 2.75) is 0 Å². The highest BCUT2D eigenvalue weighted by atomic mass is 17.1. The second-order valence-electron chi connectivity index (χ2n) is 1.51. The summed E-state index contributed by atoms with van der Waals surface area (Å²) in [6, 6.07) is 0. The third-order valence-corrected chi connectivity index (χ3v) is 0.945. The number of nitrogens with zero attached hydrogens (tertiary/aromatic N) is 2. The summed E-state index contributed by atoms with van der Waals surface area (Å²) in [7, 11) is -0.774. The number of nitrogens with one attached hydrogen (secondary N) is 1. The fraction of sp³-hybridized carbons (Fsp3) is 0. The van der Waals surface area contributed by atoms with Crippen molar-refractivity contribution in [3.05, 3.63) is 0 Å². The van der Waals surface area contributed by atoms with Crippen LogP contribution in [0.4, 0.5) is 0 Å². The molecular weight excluding hydrogens is 127 g/mol. The van der Waals surface area contributed by atoms with Crippen molar-refractivity contribution in [1.82, 2.24) is 10.4 Å². The van der Waals surface area contributed by atoms with Crippen molar-refractivity contribution in [2.75, 3.05) is 0 Å². The fourth-order valence-corrected chi connectivity index (χ4v) is 0.526. The Kier molecular flexibility index (Phi) is 0.756. The molecule has 0 amide bonds. The van der Waals surface area contributed by atoms with Crippen molar-refractivity contribution >= 4 is 13.3 Å². The van der Waals surface area contributed by atoms with E-state index in [9.17, 15) is 0 Å². The highest BCUT2D eigenvalue weighted by Crippen LogP contribution is 2.19. The minimum Gasteiger partial charge on any atom is -0.262 e.